The molecule has 0 saturated carbocycles. The Kier molecular flexibility index (Phi) is 4.69. The Morgan fingerprint density at radius 3 is 2.57 bits per heavy atom. The number of carbonyl (C=O) groups excluding carboxylic acids is 1. The number of rotatable bonds is 3. The Balaban J connectivity index is 1.74. The van der Waals surface area contributed by atoms with Crippen LogP contribution in [-0.2, 0) is 11.3 Å². The first-order chi connectivity index (χ1) is 11.1. The molecule has 3 rings (SSSR count). The van der Waals surface area contributed by atoms with Crippen molar-refractivity contribution < 1.29 is 4.79 Å². The van der Waals surface area contributed by atoms with E-state index in [0.29, 0.717) is 11.6 Å². The smallest absolute Gasteiger partial charge is 0.244 e. The minimum absolute atomic E-state index is 0.132. The molecule has 2 aromatic carbocycles. The second-order valence-electron chi connectivity index (χ2n) is 6.06. The predicted octanol–water partition coefficient (Wildman–Crippen LogP) is 3.89. The Morgan fingerprint density at radius 1 is 1.13 bits per heavy atom. The van der Waals surface area contributed by atoms with Gasteiger partial charge >= 0.3 is 0 Å². The van der Waals surface area contributed by atoms with Crippen LogP contribution in [0.2, 0.25) is 5.02 Å². The molecular formula is C19H21ClN2O. The number of piperazine rings is 1. The zero-order valence-electron chi connectivity index (χ0n) is 13.5. The number of hydrogen-bond donors (Lipinski definition) is 0. The van der Waals surface area contributed by atoms with Gasteiger partial charge in [0.25, 0.3) is 0 Å². The van der Waals surface area contributed by atoms with E-state index < -0.39 is 0 Å². The van der Waals surface area contributed by atoms with Crippen molar-refractivity contribution in [2.24, 2.45) is 0 Å². The monoisotopic (exact) mass is 328 g/mol. The van der Waals surface area contributed by atoms with Crippen LogP contribution in [0, 0.1) is 6.92 Å². The standard InChI is InChI=1S/C19H21ClN2O/c1-14-8-9-17(12-18(14)20)22-11-10-21(15(2)19(22)23)13-16-6-4-3-5-7-16/h3-9,12,15H,10-11,13H2,1-2H3. The van der Waals surface area contributed by atoms with Gasteiger partial charge in [0, 0.05) is 30.3 Å². The summed E-state index contributed by atoms with van der Waals surface area (Å²) in [5, 5.41) is 0.703. The molecule has 3 nitrogen and oxygen atoms in total. The summed E-state index contributed by atoms with van der Waals surface area (Å²) in [6.45, 7) is 6.29. The third kappa shape index (κ3) is 3.41. The lowest BCUT2D eigenvalue weighted by Gasteiger charge is -2.39. The van der Waals surface area contributed by atoms with E-state index in [1.54, 1.807) is 0 Å². The lowest BCUT2D eigenvalue weighted by molar-refractivity contribution is -0.125. The maximum absolute atomic E-state index is 12.8. The van der Waals surface area contributed by atoms with Crippen molar-refractivity contribution >= 4 is 23.2 Å². The van der Waals surface area contributed by atoms with Gasteiger partial charge in [0.1, 0.15) is 0 Å². The molecule has 1 heterocycles. The molecule has 1 aliphatic rings. The fourth-order valence-corrected chi connectivity index (χ4v) is 3.13. The van der Waals surface area contributed by atoms with Crippen molar-refractivity contribution in [3.05, 3.63) is 64.7 Å². The molecule has 4 heteroatoms. The molecule has 1 atom stereocenters. The highest BCUT2D eigenvalue weighted by atomic mass is 35.5. The first-order valence-electron chi connectivity index (χ1n) is 7.92. The number of anilines is 1. The van der Waals surface area contributed by atoms with Crippen molar-refractivity contribution in [1.29, 1.82) is 0 Å². The largest absolute Gasteiger partial charge is 0.310 e. The maximum Gasteiger partial charge on any atom is 0.244 e. The van der Waals surface area contributed by atoms with Gasteiger partial charge in [-0.15, -0.1) is 0 Å². The molecule has 23 heavy (non-hydrogen) atoms. The van der Waals surface area contributed by atoms with Gasteiger partial charge in [0.2, 0.25) is 5.91 Å². The lowest BCUT2D eigenvalue weighted by Crippen LogP contribution is -2.55. The van der Waals surface area contributed by atoms with Crippen LogP contribution in [0.15, 0.2) is 48.5 Å². The van der Waals surface area contributed by atoms with Crippen LogP contribution in [0.25, 0.3) is 0 Å². The highest BCUT2D eigenvalue weighted by Gasteiger charge is 2.32. The number of aryl methyl sites for hydroxylation is 1. The van der Waals surface area contributed by atoms with Crippen molar-refractivity contribution in [3.8, 4) is 0 Å². The number of benzene rings is 2. The molecule has 0 spiro atoms. The van der Waals surface area contributed by atoms with Crippen molar-refractivity contribution in [2.45, 2.75) is 26.4 Å². The molecule has 1 aliphatic heterocycles. The second-order valence-corrected chi connectivity index (χ2v) is 6.46. The van der Waals surface area contributed by atoms with E-state index in [1.807, 2.05) is 55.1 Å². The first kappa shape index (κ1) is 16.0. The van der Waals surface area contributed by atoms with E-state index >= 15 is 0 Å². The predicted molar refractivity (Wildman–Crippen MR) is 94.9 cm³/mol. The summed E-state index contributed by atoms with van der Waals surface area (Å²) in [5.74, 6) is 0.132. The van der Waals surface area contributed by atoms with Crippen LogP contribution < -0.4 is 4.90 Å². The summed E-state index contributed by atoms with van der Waals surface area (Å²) in [7, 11) is 0. The van der Waals surface area contributed by atoms with E-state index in [1.165, 1.54) is 5.56 Å². The minimum Gasteiger partial charge on any atom is -0.310 e. The van der Waals surface area contributed by atoms with Crippen LogP contribution in [0.3, 0.4) is 0 Å². The van der Waals surface area contributed by atoms with E-state index in [2.05, 4.69) is 17.0 Å². The molecule has 2 aromatic rings. The van der Waals surface area contributed by atoms with Gasteiger partial charge in [0.15, 0.2) is 0 Å². The zero-order chi connectivity index (χ0) is 16.4. The quantitative estimate of drug-likeness (QED) is 0.853. The Bertz CT molecular complexity index is 702. The Labute approximate surface area is 142 Å². The summed E-state index contributed by atoms with van der Waals surface area (Å²) in [6.07, 6.45) is 0. The van der Waals surface area contributed by atoms with Crippen LogP contribution in [0.1, 0.15) is 18.1 Å². The molecule has 1 saturated heterocycles. The molecule has 0 N–H and O–H groups in total. The van der Waals surface area contributed by atoms with E-state index in [-0.39, 0.29) is 11.9 Å². The SMILES string of the molecule is Cc1ccc(N2CCN(Cc3ccccc3)C(C)C2=O)cc1Cl. The Hall–Kier alpha value is -1.84. The fraction of sp³-hybridized carbons (Fsp3) is 0.316. The molecule has 0 aliphatic carbocycles. The van der Waals surface area contributed by atoms with Crippen LogP contribution >= 0.6 is 11.6 Å². The summed E-state index contributed by atoms with van der Waals surface area (Å²) in [5.41, 5.74) is 3.15. The highest BCUT2D eigenvalue weighted by molar-refractivity contribution is 6.31. The number of halogens is 1. The van der Waals surface area contributed by atoms with Gasteiger partial charge in [-0.3, -0.25) is 9.69 Å². The number of amides is 1. The first-order valence-corrected chi connectivity index (χ1v) is 8.29. The van der Waals surface area contributed by atoms with Crippen molar-refractivity contribution in [2.75, 3.05) is 18.0 Å². The molecule has 120 valence electrons. The zero-order valence-corrected chi connectivity index (χ0v) is 14.3. The van der Waals surface area contributed by atoms with Crippen LogP contribution in [0.5, 0.6) is 0 Å². The summed E-state index contributed by atoms with van der Waals surface area (Å²) < 4.78 is 0. The number of nitrogens with zero attached hydrogens (tertiary/aromatic N) is 2. The minimum atomic E-state index is -0.135. The van der Waals surface area contributed by atoms with Gasteiger partial charge in [-0.2, -0.15) is 0 Å². The van der Waals surface area contributed by atoms with E-state index in [4.69, 9.17) is 11.6 Å². The summed E-state index contributed by atoms with van der Waals surface area (Å²) in [6, 6.07) is 16.0. The van der Waals surface area contributed by atoms with E-state index in [9.17, 15) is 4.79 Å². The Morgan fingerprint density at radius 2 is 1.87 bits per heavy atom. The molecule has 0 aromatic heterocycles. The number of hydrogen-bond acceptors (Lipinski definition) is 2. The number of carbonyl (C=O) groups is 1. The van der Waals surface area contributed by atoms with Crippen LogP contribution in [0.4, 0.5) is 5.69 Å². The fourth-order valence-electron chi connectivity index (χ4n) is 2.95. The molecule has 1 amide bonds. The third-order valence-corrected chi connectivity index (χ3v) is 4.88. The summed E-state index contributed by atoms with van der Waals surface area (Å²) in [4.78, 5) is 16.8. The van der Waals surface area contributed by atoms with Gasteiger partial charge in [-0.25, -0.2) is 0 Å². The van der Waals surface area contributed by atoms with Gasteiger partial charge < -0.3 is 4.90 Å². The average Bonchev–Trinajstić information content (AvgIpc) is 2.56. The van der Waals surface area contributed by atoms with E-state index in [0.717, 1.165) is 24.3 Å². The molecule has 1 unspecified atom stereocenters. The van der Waals surface area contributed by atoms with Crippen LogP contribution in [-0.4, -0.2) is 29.9 Å². The average molecular weight is 329 g/mol. The lowest BCUT2D eigenvalue weighted by atomic mass is 10.1. The topological polar surface area (TPSA) is 23.6 Å². The van der Waals surface area contributed by atoms with Gasteiger partial charge in [0.05, 0.1) is 6.04 Å². The van der Waals surface area contributed by atoms with Gasteiger partial charge in [-0.05, 0) is 37.1 Å². The maximum atomic E-state index is 12.8. The molecule has 0 radical (unpaired) electrons. The van der Waals surface area contributed by atoms with Gasteiger partial charge in [-0.1, -0.05) is 48.0 Å². The molecule has 0 bridgehead atoms. The van der Waals surface area contributed by atoms with Crippen molar-refractivity contribution in [3.63, 3.8) is 0 Å². The molecular weight excluding hydrogens is 308 g/mol. The second kappa shape index (κ2) is 6.73. The third-order valence-electron chi connectivity index (χ3n) is 4.48. The molecule has 1 fully saturated rings. The normalized spacial score (nSPS) is 19.2. The summed E-state index contributed by atoms with van der Waals surface area (Å²) >= 11 is 6.20. The highest BCUT2D eigenvalue weighted by Crippen LogP contribution is 2.26. The van der Waals surface area contributed by atoms with Crippen molar-refractivity contribution in [1.82, 2.24) is 4.90 Å².